The molecule has 0 saturated heterocycles. The molecule has 0 radical (unpaired) electrons. The summed E-state index contributed by atoms with van der Waals surface area (Å²) < 4.78 is 0. The second-order valence-electron chi connectivity index (χ2n) is 5.23. The fourth-order valence-corrected chi connectivity index (χ4v) is 3.11. The Balaban J connectivity index is 2.16. The van der Waals surface area contributed by atoms with E-state index in [0.29, 0.717) is 22.5 Å². The van der Waals surface area contributed by atoms with E-state index in [1.54, 1.807) is 6.07 Å². The summed E-state index contributed by atoms with van der Waals surface area (Å²) >= 11 is 1.31. The van der Waals surface area contributed by atoms with Gasteiger partial charge in [-0.05, 0) is 36.8 Å². The first-order valence-corrected chi connectivity index (χ1v) is 8.41. The van der Waals surface area contributed by atoms with Crippen molar-refractivity contribution in [3.63, 3.8) is 0 Å². The first kappa shape index (κ1) is 18.6. The highest BCUT2D eigenvalue weighted by molar-refractivity contribution is 7.16. The fourth-order valence-electron chi connectivity index (χ4n) is 2.10. The molecule has 0 aliphatic rings. The highest BCUT2D eigenvalue weighted by Gasteiger charge is 2.19. The van der Waals surface area contributed by atoms with Crippen molar-refractivity contribution in [2.75, 3.05) is 18.4 Å². The molecule has 8 heteroatoms. The molecule has 0 spiro atoms. The van der Waals surface area contributed by atoms with Crippen LogP contribution in [-0.2, 0) is 16.0 Å². The SMILES string of the molecule is CCc1cc(C(=O)c2ccc(O)cc2)c(NC(=O)CNCC(=O)O)s1. The van der Waals surface area contributed by atoms with Crippen molar-refractivity contribution in [2.24, 2.45) is 0 Å². The van der Waals surface area contributed by atoms with E-state index >= 15 is 0 Å². The van der Waals surface area contributed by atoms with Gasteiger partial charge in [0, 0.05) is 10.4 Å². The van der Waals surface area contributed by atoms with Gasteiger partial charge in [-0.25, -0.2) is 0 Å². The van der Waals surface area contributed by atoms with Crippen LogP contribution in [0.1, 0.15) is 27.7 Å². The lowest BCUT2D eigenvalue weighted by Gasteiger charge is -2.06. The maximum Gasteiger partial charge on any atom is 0.317 e. The van der Waals surface area contributed by atoms with Crippen LogP contribution < -0.4 is 10.6 Å². The van der Waals surface area contributed by atoms with Gasteiger partial charge in [-0.3, -0.25) is 19.7 Å². The monoisotopic (exact) mass is 362 g/mol. The van der Waals surface area contributed by atoms with Crippen LogP contribution in [0, 0.1) is 0 Å². The number of anilines is 1. The average Bonchev–Trinajstić information content (AvgIpc) is 2.97. The number of ketones is 1. The molecule has 4 N–H and O–H groups in total. The average molecular weight is 362 g/mol. The molecule has 7 nitrogen and oxygen atoms in total. The summed E-state index contributed by atoms with van der Waals surface area (Å²) in [7, 11) is 0. The molecule has 2 rings (SSSR count). The first-order valence-electron chi connectivity index (χ1n) is 7.59. The van der Waals surface area contributed by atoms with Gasteiger partial charge in [0.1, 0.15) is 10.8 Å². The quantitative estimate of drug-likeness (QED) is 0.533. The number of amides is 1. The minimum atomic E-state index is -1.06. The van der Waals surface area contributed by atoms with Crippen molar-refractivity contribution in [1.29, 1.82) is 0 Å². The molecule has 25 heavy (non-hydrogen) atoms. The number of phenolic OH excluding ortho intramolecular Hbond substituents is 1. The first-order chi connectivity index (χ1) is 11.9. The van der Waals surface area contributed by atoms with Crippen molar-refractivity contribution in [3.05, 3.63) is 46.3 Å². The number of aliphatic carboxylic acids is 1. The van der Waals surface area contributed by atoms with E-state index < -0.39 is 11.9 Å². The van der Waals surface area contributed by atoms with Crippen molar-refractivity contribution < 1.29 is 24.6 Å². The van der Waals surface area contributed by atoms with Crippen LogP contribution in [0.3, 0.4) is 0 Å². The number of hydrogen-bond acceptors (Lipinski definition) is 6. The Labute approximate surface area is 148 Å². The summed E-state index contributed by atoms with van der Waals surface area (Å²) in [6, 6.07) is 7.62. The summed E-state index contributed by atoms with van der Waals surface area (Å²) in [5.74, 6) is -1.68. The number of carboxylic acids is 1. The molecule has 0 unspecified atom stereocenters. The van der Waals surface area contributed by atoms with Gasteiger partial charge >= 0.3 is 5.97 Å². The number of carboxylic acid groups (broad SMARTS) is 1. The third-order valence-electron chi connectivity index (χ3n) is 3.32. The van der Waals surface area contributed by atoms with E-state index in [4.69, 9.17) is 5.11 Å². The van der Waals surface area contributed by atoms with Crippen molar-refractivity contribution in [2.45, 2.75) is 13.3 Å². The summed E-state index contributed by atoms with van der Waals surface area (Å²) in [6.45, 7) is 1.45. The lowest BCUT2D eigenvalue weighted by atomic mass is 10.0. The smallest absolute Gasteiger partial charge is 0.317 e. The standard InChI is InChI=1S/C17H18N2O5S/c1-2-12-7-13(16(24)10-3-5-11(20)6-4-10)17(25-12)19-14(21)8-18-9-15(22)23/h3-7,18,20H,2,8-9H2,1H3,(H,19,21)(H,22,23). The molecule has 0 aliphatic heterocycles. The van der Waals surface area contributed by atoms with Gasteiger partial charge in [-0.1, -0.05) is 6.92 Å². The van der Waals surface area contributed by atoms with Crippen molar-refractivity contribution >= 4 is 34.0 Å². The van der Waals surface area contributed by atoms with E-state index in [-0.39, 0.29) is 24.6 Å². The lowest BCUT2D eigenvalue weighted by Crippen LogP contribution is -2.31. The number of rotatable bonds is 8. The Kier molecular flexibility index (Phi) is 6.26. The minimum absolute atomic E-state index is 0.0640. The molecule has 0 saturated carbocycles. The van der Waals surface area contributed by atoms with Gasteiger partial charge in [0.05, 0.1) is 18.7 Å². The van der Waals surface area contributed by atoms with Gasteiger partial charge in [0.15, 0.2) is 5.78 Å². The second-order valence-corrected chi connectivity index (χ2v) is 6.37. The molecule has 0 aliphatic carbocycles. The zero-order valence-corrected chi connectivity index (χ0v) is 14.4. The van der Waals surface area contributed by atoms with Crippen LogP contribution in [0.15, 0.2) is 30.3 Å². The summed E-state index contributed by atoms with van der Waals surface area (Å²) in [5.41, 5.74) is 0.775. The summed E-state index contributed by atoms with van der Waals surface area (Å²) in [5, 5.41) is 23.5. The number of carbonyl (C=O) groups is 3. The number of thiophene rings is 1. The molecular formula is C17H18N2O5S. The van der Waals surface area contributed by atoms with E-state index in [1.165, 1.54) is 35.6 Å². The topological polar surface area (TPSA) is 116 Å². The van der Waals surface area contributed by atoms with E-state index in [0.717, 1.165) is 4.88 Å². The van der Waals surface area contributed by atoms with Crippen LogP contribution in [0.5, 0.6) is 5.75 Å². The molecule has 2 aromatic rings. The number of phenols is 1. The number of aryl methyl sites for hydroxylation is 1. The molecule has 1 aromatic heterocycles. The van der Waals surface area contributed by atoms with Crippen LogP contribution in [-0.4, -0.2) is 41.0 Å². The summed E-state index contributed by atoms with van der Waals surface area (Å²) in [6.07, 6.45) is 0.716. The number of carbonyl (C=O) groups excluding carboxylic acids is 2. The zero-order valence-electron chi connectivity index (χ0n) is 13.5. The molecule has 0 atom stereocenters. The Morgan fingerprint density at radius 2 is 1.80 bits per heavy atom. The molecule has 1 amide bonds. The third kappa shape index (κ3) is 5.13. The summed E-state index contributed by atoms with van der Waals surface area (Å²) in [4.78, 5) is 36.0. The molecule has 1 aromatic carbocycles. The van der Waals surface area contributed by atoms with Gasteiger partial charge in [0.2, 0.25) is 5.91 Å². The lowest BCUT2D eigenvalue weighted by molar-refractivity contribution is -0.135. The Hall–Kier alpha value is -2.71. The van der Waals surface area contributed by atoms with Crippen LogP contribution in [0.4, 0.5) is 5.00 Å². The number of benzene rings is 1. The maximum absolute atomic E-state index is 12.7. The van der Waals surface area contributed by atoms with Crippen molar-refractivity contribution in [1.82, 2.24) is 5.32 Å². The maximum atomic E-state index is 12.7. The third-order valence-corrected chi connectivity index (χ3v) is 4.52. The van der Waals surface area contributed by atoms with Crippen LogP contribution in [0.25, 0.3) is 0 Å². The molecule has 132 valence electrons. The van der Waals surface area contributed by atoms with Gasteiger partial charge < -0.3 is 15.5 Å². The second kappa shape index (κ2) is 8.41. The number of nitrogens with one attached hydrogen (secondary N) is 2. The van der Waals surface area contributed by atoms with E-state index in [1.807, 2.05) is 6.92 Å². The molecule has 0 fully saturated rings. The number of hydrogen-bond donors (Lipinski definition) is 4. The molecule has 1 heterocycles. The Morgan fingerprint density at radius 3 is 2.40 bits per heavy atom. The molecule has 0 bridgehead atoms. The van der Waals surface area contributed by atoms with Gasteiger partial charge in [0.25, 0.3) is 0 Å². The fraction of sp³-hybridized carbons (Fsp3) is 0.235. The van der Waals surface area contributed by atoms with Gasteiger partial charge in [-0.2, -0.15) is 0 Å². The largest absolute Gasteiger partial charge is 0.508 e. The Morgan fingerprint density at radius 1 is 1.12 bits per heavy atom. The zero-order chi connectivity index (χ0) is 18.4. The normalized spacial score (nSPS) is 10.4. The van der Waals surface area contributed by atoms with Crippen LogP contribution >= 0.6 is 11.3 Å². The van der Waals surface area contributed by atoms with E-state index in [2.05, 4.69) is 10.6 Å². The highest BCUT2D eigenvalue weighted by Crippen LogP contribution is 2.30. The Bertz CT molecular complexity index is 783. The van der Waals surface area contributed by atoms with Crippen LogP contribution in [0.2, 0.25) is 0 Å². The predicted molar refractivity (Wildman–Crippen MR) is 94.4 cm³/mol. The van der Waals surface area contributed by atoms with Crippen molar-refractivity contribution in [3.8, 4) is 5.75 Å². The predicted octanol–water partition coefficient (Wildman–Crippen LogP) is 1.86. The number of aromatic hydroxyl groups is 1. The molecular weight excluding hydrogens is 344 g/mol. The minimum Gasteiger partial charge on any atom is -0.508 e. The highest BCUT2D eigenvalue weighted by atomic mass is 32.1. The van der Waals surface area contributed by atoms with E-state index in [9.17, 15) is 19.5 Å². The van der Waals surface area contributed by atoms with Gasteiger partial charge in [-0.15, -0.1) is 11.3 Å².